The molecule has 37 heavy (non-hydrogen) atoms. The van der Waals surface area contributed by atoms with Gasteiger partial charge in [0.15, 0.2) is 11.5 Å². The van der Waals surface area contributed by atoms with Gasteiger partial charge in [-0.3, -0.25) is 9.59 Å². The van der Waals surface area contributed by atoms with Crippen molar-refractivity contribution < 1.29 is 38.0 Å². The van der Waals surface area contributed by atoms with Crippen LogP contribution < -0.4 is 29.1 Å². The molecule has 0 saturated heterocycles. The van der Waals surface area contributed by atoms with Crippen molar-refractivity contribution in [3.05, 3.63) is 70.1 Å². The highest BCUT2D eigenvalue weighted by Crippen LogP contribution is 2.49. The summed E-state index contributed by atoms with van der Waals surface area (Å²) in [6.45, 7) is 0. The molecule has 0 aliphatic carbocycles. The molecule has 0 amide bonds. The van der Waals surface area contributed by atoms with Gasteiger partial charge in [0.05, 0.1) is 40.4 Å². The third-order valence-electron chi connectivity index (χ3n) is 6.48. The van der Waals surface area contributed by atoms with Crippen molar-refractivity contribution in [2.45, 2.75) is 12.3 Å². The summed E-state index contributed by atoms with van der Waals surface area (Å²) in [4.78, 5) is 26.2. The van der Waals surface area contributed by atoms with Gasteiger partial charge in [-0.25, -0.2) is 0 Å². The largest absolute Gasteiger partial charge is 0.507 e. The van der Waals surface area contributed by atoms with E-state index in [9.17, 15) is 14.7 Å². The molecule has 9 nitrogen and oxygen atoms in total. The molecule has 0 unspecified atom stereocenters. The lowest BCUT2D eigenvalue weighted by Gasteiger charge is -2.27. The molecule has 0 saturated carbocycles. The van der Waals surface area contributed by atoms with E-state index < -0.39 is 17.3 Å². The smallest absolute Gasteiger partial charge is 0.312 e. The molecule has 0 radical (unpaired) electrons. The van der Waals surface area contributed by atoms with Crippen molar-refractivity contribution in [1.82, 2.24) is 0 Å². The first-order valence-electron chi connectivity index (χ1n) is 11.4. The summed E-state index contributed by atoms with van der Waals surface area (Å²) in [5, 5.41) is 10.8. The Hall–Kier alpha value is -4.66. The summed E-state index contributed by atoms with van der Waals surface area (Å²) in [6, 6.07) is 11.6. The monoisotopic (exact) mass is 504 g/mol. The molecule has 2 heterocycles. The molecule has 1 N–H and O–H groups in total. The van der Waals surface area contributed by atoms with E-state index in [4.69, 9.17) is 28.1 Å². The minimum Gasteiger partial charge on any atom is -0.507 e. The summed E-state index contributed by atoms with van der Waals surface area (Å²) in [5.74, 6) is 0.586. The molecule has 5 rings (SSSR count). The van der Waals surface area contributed by atoms with Crippen molar-refractivity contribution in [3.8, 4) is 45.6 Å². The van der Waals surface area contributed by atoms with E-state index in [1.54, 1.807) is 43.5 Å². The Balaban J connectivity index is 1.76. The molecule has 1 aliphatic heterocycles. The SMILES string of the molecule is COc1ccc(-c2coc3c4c(cc(O)c3c2=O)OC(=O)C[C@H]4c2cc(OC)c(OC)cc2OC)cc1. The number of methoxy groups -OCH3 is 4. The number of benzene rings is 3. The Kier molecular flexibility index (Phi) is 6.12. The number of aromatic hydroxyl groups is 1. The zero-order valence-corrected chi connectivity index (χ0v) is 20.6. The van der Waals surface area contributed by atoms with Crippen LogP contribution in [0.4, 0.5) is 0 Å². The maximum Gasteiger partial charge on any atom is 0.312 e. The Bertz CT molecular complexity index is 1570. The van der Waals surface area contributed by atoms with E-state index in [1.165, 1.54) is 33.7 Å². The van der Waals surface area contributed by atoms with Crippen molar-refractivity contribution >= 4 is 16.9 Å². The van der Waals surface area contributed by atoms with Gasteiger partial charge in [0.25, 0.3) is 0 Å². The molecule has 9 heteroatoms. The highest BCUT2D eigenvalue weighted by molar-refractivity contribution is 5.94. The normalized spacial score (nSPS) is 14.6. The standard InChI is InChI=1S/C28H24O9/c1-32-15-7-5-14(6-8-15)18-13-36-28-25-17(16-9-21(34-3)22(35-4)12-20(16)33-2)10-24(30)37-23(25)11-19(29)26(28)27(18)31/h5-9,11-13,17,29H,10H2,1-4H3/t17-/m0/s1. The maximum absolute atomic E-state index is 13.6. The predicted molar refractivity (Wildman–Crippen MR) is 134 cm³/mol. The van der Waals surface area contributed by atoms with Gasteiger partial charge in [-0.2, -0.15) is 0 Å². The molecule has 0 fully saturated rings. The van der Waals surface area contributed by atoms with Crippen molar-refractivity contribution in [2.24, 2.45) is 0 Å². The molecule has 4 aromatic rings. The van der Waals surface area contributed by atoms with Crippen LogP contribution in [0.15, 0.2) is 57.9 Å². The van der Waals surface area contributed by atoms with E-state index in [-0.39, 0.29) is 34.5 Å². The number of carbonyl (C=O) groups is 1. The van der Waals surface area contributed by atoms with E-state index in [0.717, 1.165) is 0 Å². The number of ether oxygens (including phenoxy) is 5. The van der Waals surface area contributed by atoms with Gasteiger partial charge in [0, 0.05) is 29.2 Å². The quantitative estimate of drug-likeness (QED) is 0.296. The molecule has 1 aliphatic rings. The van der Waals surface area contributed by atoms with Crippen LogP contribution in [-0.4, -0.2) is 39.5 Å². The van der Waals surface area contributed by atoms with Gasteiger partial charge in [-0.05, 0) is 23.8 Å². The van der Waals surface area contributed by atoms with Crippen LogP contribution in [0.25, 0.3) is 22.1 Å². The van der Waals surface area contributed by atoms with Crippen LogP contribution in [0.5, 0.6) is 34.5 Å². The van der Waals surface area contributed by atoms with Gasteiger partial charge in [0.1, 0.15) is 40.2 Å². The third kappa shape index (κ3) is 3.98. The number of phenols is 1. The van der Waals surface area contributed by atoms with E-state index >= 15 is 0 Å². The van der Waals surface area contributed by atoms with E-state index in [0.29, 0.717) is 39.7 Å². The lowest BCUT2D eigenvalue weighted by molar-refractivity contribution is -0.135. The third-order valence-corrected chi connectivity index (χ3v) is 6.48. The lowest BCUT2D eigenvalue weighted by atomic mass is 9.84. The molecule has 1 atom stereocenters. The molecule has 3 aromatic carbocycles. The Morgan fingerprint density at radius 1 is 0.865 bits per heavy atom. The van der Waals surface area contributed by atoms with Gasteiger partial charge < -0.3 is 33.2 Å². The first-order chi connectivity index (χ1) is 17.9. The van der Waals surface area contributed by atoms with Crippen molar-refractivity contribution in [3.63, 3.8) is 0 Å². The Labute approximate surface area is 211 Å². The Morgan fingerprint density at radius 3 is 2.19 bits per heavy atom. The molecule has 190 valence electrons. The second-order valence-electron chi connectivity index (χ2n) is 8.40. The van der Waals surface area contributed by atoms with Gasteiger partial charge >= 0.3 is 5.97 Å². The Morgan fingerprint density at radius 2 is 1.54 bits per heavy atom. The number of fused-ring (bicyclic) bond motifs is 3. The van der Waals surface area contributed by atoms with Gasteiger partial charge in [0.2, 0.25) is 5.43 Å². The number of phenolic OH excluding ortho intramolecular Hbond substituents is 1. The number of carbonyl (C=O) groups excluding carboxylic acids is 1. The fraction of sp³-hybridized carbons (Fsp3) is 0.214. The highest BCUT2D eigenvalue weighted by atomic mass is 16.5. The fourth-order valence-electron chi connectivity index (χ4n) is 4.69. The fourth-order valence-corrected chi connectivity index (χ4v) is 4.69. The first-order valence-corrected chi connectivity index (χ1v) is 11.4. The summed E-state index contributed by atoms with van der Waals surface area (Å²) in [6.07, 6.45) is 1.29. The maximum atomic E-state index is 13.6. The number of rotatable bonds is 6. The number of hydrogen-bond acceptors (Lipinski definition) is 9. The van der Waals surface area contributed by atoms with Crippen LogP contribution in [0.2, 0.25) is 0 Å². The average molecular weight is 504 g/mol. The van der Waals surface area contributed by atoms with Crippen molar-refractivity contribution in [1.29, 1.82) is 0 Å². The van der Waals surface area contributed by atoms with E-state index in [2.05, 4.69) is 0 Å². The second kappa shape index (κ2) is 9.42. The summed E-state index contributed by atoms with van der Waals surface area (Å²) in [5.41, 5.74) is 1.59. The average Bonchev–Trinajstić information content (AvgIpc) is 2.91. The van der Waals surface area contributed by atoms with Gasteiger partial charge in [-0.1, -0.05) is 12.1 Å². The summed E-state index contributed by atoms with van der Waals surface area (Å²) < 4.78 is 33.1. The van der Waals surface area contributed by atoms with Crippen LogP contribution in [-0.2, 0) is 4.79 Å². The molecular weight excluding hydrogens is 480 g/mol. The van der Waals surface area contributed by atoms with Crippen LogP contribution in [0.3, 0.4) is 0 Å². The molecule has 0 bridgehead atoms. The van der Waals surface area contributed by atoms with Gasteiger partial charge in [-0.15, -0.1) is 0 Å². The first kappa shape index (κ1) is 24.1. The van der Waals surface area contributed by atoms with Crippen LogP contribution >= 0.6 is 0 Å². The number of hydrogen-bond donors (Lipinski definition) is 1. The minimum absolute atomic E-state index is 0.0190. The zero-order chi connectivity index (χ0) is 26.3. The van der Waals surface area contributed by atoms with Crippen LogP contribution in [0.1, 0.15) is 23.5 Å². The summed E-state index contributed by atoms with van der Waals surface area (Å²) in [7, 11) is 6.07. The molecule has 1 aromatic heterocycles. The molecule has 0 spiro atoms. The predicted octanol–water partition coefficient (Wildman–Crippen LogP) is 4.64. The molecular formula is C28H24O9. The summed E-state index contributed by atoms with van der Waals surface area (Å²) >= 11 is 0. The van der Waals surface area contributed by atoms with E-state index in [1.807, 2.05) is 0 Å². The second-order valence-corrected chi connectivity index (χ2v) is 8.40. The lowest BCUT2D eigenvalue weighted by Crippen LogP contribution is -2.22. The minimum atomic E-state index is -0.621. The zero-order valence-electron chi connectivity index (χ0n) is 20.6. The number of esters is 1. The van der Waals surface area contributed by atoms with Crippen LogP contribution in [0, 0.1) is 0 Å². The highest BCUT2D eigenvalue weighted by Gasteiger charge is 2.36. The van der Waals surface area contributed by atoms with Crippen molar-refractivity contribution in [2.75, 3.05) is 28.4 Å². The topological polar surface area (TPSA) is 114 Å².